The molecule has 116 valence electrons. The Balaban J connectivity index is 1.95. The highest BCUT2D eigenvalue weighted by Gasteiger charge is 2.23. The van der Waals surface area contributed by atoms with Gasteiger partial charge in [-0.1, -0.05) is 24.6 Å². The third-order valence-corrected chi connectivity index (χ3v) is 4.39. The van der Waals surface area contributed by atoms with Crippen molar-refractivity contribution in [3.63, 3.8) is 0 Å². The number of rotatable bonds is 6. The lowest BCUT2D eigenvalue weighted by Gasteiger charge is -2.32. The van der Waals surface area contributed by atoms with Crippen LogP contribution in [0.1, 0.15) is 31.7 Å². The number of carbonyl (C=O) groups is 1. The molecule has 1 saturated heterocycles. The monoisotopic (exact) mass is 309 g/mol. The molecule has 1 amide bonds. The molecule has 1 fully saturated rings. The van der Waals surface area contributed by atoms with E-state index in [1.54, 1.807) is 0 Å². The standard InChI is InChI=1S/C16H24ClN3O/c1-2-7-19-11-13-3-4-14(10-15(13)17)20-8-5-12(6-9-20)16(18)21/h3-4,10,12,19H,2,5-9,11H2,1H3,(H2,18,21). The van der Waals surface area contributed by atoms with Crippen molar-refractivity contribution < 1.29 is 4.79 Å². The summed E-state index contributed by atoms with van der Waals surface area (Å²) in [5, 5.41) is 4.16. The third-order valence-electron chi connectivity index (χ3n) is 4.04. The number of benzene rings is 1. The van der Waals surface area contributed by atoms with Gasteiger partial charge in [-0.05, 0) is 43.5 Å². The van der Waals surface area contributed by atoms with Crippen molar-refractivity contribution in [2.45, 2.75) is 32.7 Å². The van der Waals surface area contributed by atoms with Gasteiger partial charge < -0.3 is 16.0 Å². The molecule has 0 spiro atoms. The lowest BCUT2D eigenvalue weighted by Crippen LogP contribution is -2.38. The first kappa shape index (κ1) is 16.1. The molecule has 3 N–H and O–H groups in total. The van der Waals surface area contributed by atoms with Gasteiger partial charge in [0, 0.05) is 36.3 Å². The van der Waals surface area contributed by atoms with Crippen molar-refractivity contribution in [2.24, 2.45) is 11.7 Å². The molecule has 0 atom stereocenters. The van der Waals surface area contributed by atoms with E-state index in [-0.39, 0.29) is 11.8 Å². The number of nitrogens with zero attached hydrogens (tertiary/aromatic N) is 1. The number of hydrogen-bond acceptors (Lipinski definition) is 3. The van der Waals surface area contributed by atoms with E-state index in [2.05, 4.69) is 29.3 Å². The molecule has 0 aliphatic carbocycles. The minimum absolute atomic E-state index is 0.0224. The van der Waals surface area contributed by atoms with Crippen molar-refractivity contribution in [3.05, 3.63) is 28.8 Å². The maximum atomic E-state index is 11.2. The molecule has 2 rings (SSSR count). The minimum Gasteiger partial charge on any atom is -0.371 e. The van der Waals surface area contributed by atoms with E-state index in [9.17, 15) is 4.79 Å². The number of halogens is 1. The number of nitrogens with one attached hydrogen (secondary N) is 1. The third kappa shape index (κ3) is 4.35. The lowest BCUT2D eigenvalue weighted by molar-refractivity contribution is -0.122. The fourth-order valence-corrected chi connectivity index (χ4v) is 2.94. The lowest BCUT2D eigenvalue weighted by atomic mass is 9.96. The SMILES string of the molecule is CCCNCc1ccc(N2CCC(C(N)=O)CC2)cc1Cl. The van der Waals surface area contributed by atoms with Gasteiger partial charge in [0.25, 0.3) is 0 Å². The first-order valence-electron chi connectivity index (χ1n) is 7.65. The van der Waals surface area contributed by atoms with Crippen molar-refractivity contribution in [3.8, 4) is 0 Å². The molecular weight excluding hydrogens is 286 g/mol. The first-order chi connectivity index (χ1) is 10.1. The van der Waals surface area contributed by atoms with E-state index in [1.807, 2.05) is 6.07 Å². The minimum atomic E-state index is -0.176. The Kier molecular flexibility index (Phi) is 5.88. The van der Waals surface area contributed by atoms with Gasteiger partial charge in [-0.25, -0.2) is 0 Å². The number of hydrogen-bond donors (Lipinski definition) is 2. The first-order valence-corrected chi connectivity index (χ1v) is 8.03. The molecule has 0 unspecified atom stereocenters. The summed E-state index contributed by atoms with van der Waals surface area (Å²) >= 11 is 6.37. The Morgan fingerprint density at radius 3 is 2.71 bits per heavy atom. The molecule has 1 aliphatic rings. The quantitative estimate of drug-likeness (QED) is 0.794. The molecule has 21 heavy (non-hydrogen) atoms. The van der Waals surface area contributed by atoms with Crippen LogP contribution in [0.15, 0.2) is 18.2 Å². The van der Waals surface area contributed by atoms with Crippen LogP contribution >= 0.6 is 11.6 Å². The number of primary amides is 1. The predicted molar refractivity (Wildman–Crippen MR) is 87.6 cm³/mol. The Labute approximate surface area is 131 Å². The zero-order valence-electron chi connectivity index (χ0n) is 12.6. The predicted octanol–water partition coefficient (Wildman–Crippen LogP) is 2.54. The Morgan fingerprint density at radius 2 is 2.14 bits per heavy atom. The normalized spacial score (nSPS) is 16.2. The topological polar surface area (TPSA) is 58.4 Å². The highest BCUT2D eigenvalue weighted by molar-refractivity contribution is 6.31. The van der Waals surface area contributed by atoms with Gasteiger partial charge in [0.05, 0.1) is 0 Å². The number of anilines is 1. The van der Waals surface area contributed by atoms with Crippen LogP contribution in [0.2, 0.25) is 5.02 Å². The molecule has 0 aromatic heterocycles. The van der Waals surface area contributed by atoms with Crippen LogP contribution in [-0.2, 0) is 11.3 Å². The summed E-state index contributed by atoms with van der Waals surface area (Å²) in [7, 11) is 0. The van der Waals surface area contributed by atoms with Crippen LogP contribution in [0, 0.1) is 5.92 Å². The molecule has 1 aromatic carbocycles. The zero-order valence-corrected chi connectivity index (χ0v) is 13.3. The van der Waals surface area contributed by atoms with Crippen LogP contribution in [0.3, 0.4) is 0 Å². The summed E-state index contributed by atoms with van der Waals surface area (Å²) in [6, 6.07) is 6.22. The second-order valence-electron chi connectivity index (χ2n) is 5.62. The van der Waals surface area contributed by atoms with Gasteiger partial charge in [-0.2, -0.15) is 0 Å². The van der Waals surface area contributed by atoms with Gasteiger partial charge in [0.15, 0.2) is 0 Å². The average molecular weight is 310 g/mol. The zero-order chi connectivity index (χ0) is 15.2. The summed E-state index contributed by atoms with van der Waals surface area (Å²) in [5.41, 5.74) is 7.62. The highest BCUT2D eigenvalue weighted by atomic mass is 35.5. The summed E-state index contributed by atoms with van der Waals surface area (Å²) < 4.78 is 0. The van der Waals surface area contributed by atoms with Crippen molar-refractivity contribution in [2.75, 3.05) is 24.5 Å². The van der Waals surface area contributed by atoms with E-state index in [0.717, 1.165) is 61.7 Å². The van der Waals surface area contributed by atoms with Crippen LogP contribution in [-0.4, -0.2) is 25.5 Å². The molecule has 0 radical (unpaired) electrons. The number of piperidine rings is 1. The van der Waals surface area contributed by atoms with E-state index in [1.165, 1.54) is 0 Å². The van der Waals surface area contributed by atoms with Gasteiger partial charge >= 0.3 is 0 Å². The second-order valence-corrected chi connectivity index (χ2v) is 6.02. The van der Waals surface area contributed by atoms with Gasteiger partial charge in [0.1, 0.15) is 0 Å². The summed E-state index contributed by atoms with van der Waals surface area (Å²) in [4.78, 5) is 13.5. The van der Waals surface area contributed by atoms with E-state index in [0.29, 0.717) is 0 Å². The molecule has 1 aromatic rings. The van der Waals surface area contributed by atoms with Crippen LogP contribution in [0.4, 0.5) is 5.69 Å². The summed E-state index contributed by atoms with van der Waals surface area (Å²) in [6.45, 7) is 5.66. The fraction of sp³-hybridized carbons (Fsp3) is 0.562. The molecular formula is C16H24ClN3O. The molecule has 0 bridgehead atoms. The maximum absolute atomic E-state index is 11.2. The van der Waals surface area contributed by atoms with E-state index >= 15 is 0 Å². The van der Waals surface area contributed by atoms with Gasteiger partial charge in [0.2, 0.25) is 5.91 Å². The van der Waals surface area contributed by atoms with Crippen molar-refractivity contribution in [1.82, 2.24) is 5.32 Å². The van der Waals surface area contributed by atoms with Crippen LogP contribution in [0.25, 0.3) is 0 Å². The van der Waals surface area contributed by atoms with Crippen LogP contribution < -0.4 is 16.0 Å². The van der Waals surface area contributed by atoms with E-state index < -0.39 is 0 Å². The Hall–Kier alpha value is -1.26. The smallest absolute Gasteiger partial charge is 0.220 e. The maximum Gasteiger partial charge on any atom is 0.220 e. The van der Waals surface area contributed by atoms with Crippen LogP contribution in [0.5, 0.6) is 0 Å². The Bertz CT molecular complexity index is 484. The highest BCUT2D eigenvalue weighted by Crippen LogP contribution is 2.27. The number of carbonyl (C=O) groups excluding carboxylic acids is 1. The van der Waals surface area contributed by atoms with Gasteiger partial charge in [-0.15, -0.1) is 0 Å². The molecule has 0 saturated carbocycles. The molecule has 1 aliphatic heterocycles. The summed E-state index contributed by atoms with van der Waals surface area (Å²) in [5.74, 6) is -0.153. The number of nitrogens with two attached hydrogens (primary N) is 1. The van der Waals surface area contributed by atoms with Crippen molar-refractivity contribution in [1.29, 1.82) is 0 Å². The molecule has 5 heteroatoms. The van der Waals surface area contributed by atoms with E-state index in [4.69, 9.17) is 17.3 Å². The fourth-order valence-electron chi connectivity index (χ4n) is 2.70. The van der Waals surface area contributed by atoms with Gasteiger partial charge in [-0.3, -0.25) is 4.79 Å². The summed E-state index contributed by atoms with van der Waals surface area (Å²) in [6.07, 6.45) is 2.77. The number of amides is 1. The second kappa shape index (κ2) is 7.66. The molecule has 4 nitrogen and oxygen atoms in total. The largest absolute Gasteiger partial charge is 0.371 e. The Morgan fingerprint density at radius 1 is 1.43 bits per heavy atom. The average Bonchev–Trinajstić information content (AvgIpc) is 2.49. The molecule has 1 heterocycles. The van der Waals surface area contributed by atoms with Crippen molar-refractivity contribution >= 4 is 23.2 Å².